The second-order valence-electron chi connectivity index (χ2n) is 28.1. The van der Waals surface area contributed by atoms with Crippen LogP contribution >= 0.6 is 0 Å². The lowest BCUT2D eigenvalue weighted by molar-refractivity contribution is -0.260. The van der Waals surface area contributed by atoms with Gasteiger partial charge in [0, 0.05) is 94.2 Å². The third kappa shape index (κ3) is 29.6. The average Bonchev–Trinajstić information content (AvgIpc) is 0.797. The molecular formula is C84H122O26. The number of carbonyl (C=O) groups excluding carboxylic acids is 5. The first-order valence-electron chi connectivity index (χ1n) is 38.2. The van der Waals surface area contributed by atoms with Crippen molar-refractivity contribution >= 4 is 42.0 Å². The molecule has 8 fully saturated rings. The minimum atomic E-state index is -0.858. The van der Waals surface area contributed by atoms with E-state index in [2.05, 4.69) is 32.9 Å². The van der Waals surface area contributed by atoms with E-state index in [4.69, 9.17) is 90.0 Å². The highest BCUT2D eigenvalue weighted by molar-refractivity contribution is 5.89. The second-order valence-corrected chi connectivity index (χ2v) is 28.1. The maximum absolute atomic E-state index is 11.9. The molecule has 0 amide bonds. The molecule has 614 valence electrons. The largest absolute Gasteiger partial charge is 0.461 e. The van der Waals surface area contributed by atoms with E-state index in [1.54, 1.807) is 58.0 Å². The molecule has 0 radical (unpaired) electrons. The van der Waals surface area contributed by atoms with Crippen molar-refractivity contribution in [2.75, 3.05) is 52.9 Å². The standard InChI is InChI=1S/C20H32O6.C18H26O6.C16H20O6.C16H24O4.C14H20O4/c1-8-17-12-18(24-14(5)21-9-2)20(26-16(7)23-11-4)19(13-17)25-15(6)22-10-3;1-7-20-13(5)22-16-10-9-15(24-18(19)12(3)4)11-17(16)23-14(6)21-8-2;1-8(2)15(18)20-7-13(17)22-14-10-3-9-4-11(6-10)16(19)21-12(14)5-9;1-6-14-9-10-15(19-12(4)17-7-2)16(11-14)20-13(5)18-8-3;1-9(2)11(15)18-14-5-10-3-12(16,7-14)6-13(17,4-10)8-14/h8,12-16H,1,9-11H2,2-7H3;9-11,13-14H,3,7-8H2,1-2,4-6H3;9-12,14H,1,3-7H2,2H3;6,9-13H,1,7-8H2,2-5H3;10,16-17H,1,3-8H2,2H3. The number of fused-ring (bicyclic) bond motifs is 1. The summed E-state index contributed by atoms with van der Waals surface area (Å²) < 4.78 is 105. The molecule has 3 aromatic carbocycles. The maximum Gasteiger partial charge on any atom is 0.344 e. The van der Waals surface area contributed by atoms with Crippen LogP contribution in [0.3, 0.4) is 0 Å². The van der Waals surface area contributed by atoms with Gasteiger partial charge in [-0.15, -0.1) is 0 Å². The van der Waals surface area contributed by atoms with Gasteiger partial charge < -0.3 is 100 Å². The zero-order valence-corrected chi connectivity index (χ0v) is 67.7. The smallest absolute Gasteiger partial charge is 0.344 e. The van der Waals surface area contributed by atoms with Gasteiger partial charge in [-0.25, -0.2) is 19.2 Å². The Morgan fingerprint density at radius 1 is 0.491 bits per heavy atom. The molecule has 110 heavy (non-hydrogen) atoms. The predicted octanol–water partition coefficient (Wildman–Crippen LogP) is 14.8. The number of benzene rings is 3. The van der Waals surface area contributed by atoms with E-state index in [9.17, 15) is 34.2 Å². The fraction of sp³-hybridized carbons (Fsp3) is 0.607. The Hall–Kier alpha value is -8.05. The SMILES string of the molecule is C=C(C)C(=O)OC12CC3CC(O)(CC(O)(C3)C1)C2.C=C(C)C(=O)OCC(=O)OC1C2CC3CC(C2)C(=O)OC1C3.C=C(C)C(=O)Oc1ccc(OC(C)OCC)c(OC(C)OCC)c1.C=Cc1cc(OC(C)OCC)c(OC(C)OCC)c(OC(C)OCC)c1.C=Cc1ccc(OC(C)OCC)c(OC(C)OCC)c1. The average molecular weight is 1550 g/mol. The lowest BCUT2D eigenvalue weighted by atomic mass is 9.50. The van der Waals surface area contributed by atoms with Crippen LogP contribution in [0.15, 0.2) is 98.1 Å². The highest BCUT2D eigenvalue weighted by atomic mass is 16.7. The van der Waals surface area contributed by atoms with Crippen LogP contribution in [0.1, 0.15) is 193 Å². The van der Waals surface area contributed by atoms with Crippen molar-refractivity contribution < 1.29 is 124 Å². The normalized spacial score (nSPS) is 23.9. The van der Waals surface area contributed by atoms with Crippen molar-refractivity contribution in [1.29, 1.82) is 0 Å². The van der Waals surface area contributed by atoms with Gasteiger partial charge in [0.15, 0.2) is 85.1 Å². The molecule has 8 bridgehead atoms. The number of hydrogen-bond donors (Lipinski definition) is 2. The molecular weight excluding hydrogens is 1420 g/mol. The van der Waals surface area contributed by atoms with Gasteiger partial charge in [0.25, 0.3) is 0 Å². The fourth-order valence-electron chi connectivity index (χ4n) is 14.4. The molecule has 6 saturated carbocycles. The van der Waals surface area contributed by atoms with Gasteiger partial charge in [-0.05, 0) is 222 Å². The van der Waals surface area contributed by atoms with Crippen LogP contribution in [0.4, 0.5) is 0 Å². The summed E-state index contributed by atoms with van der Waals surface area (Å²) >= 11 is 0. The van der Waals surface area contributed by atoms with Gasteiger partial charge >= 0.3 is 29.8 Å². The Kier molecular flexibility index (Phi) is 37.7. The van der Waals surface area contributed by atoms with Crippen molar-refractivity contribution in [3.8, 4) is 46.0 Å². The van der Waals surface area contributed by atoms with Crippen LogP contribution in [-0.2, 0) is 76.1 Å². The quantitative estimate of drug-likeness (QED) is 0.0177. The Morgan fingerprint density at radius 2 is 0.909 bits per heavy atom. The Morgan fingerprint density at radius 3 is 1.35 bits per heavy atom. The van der Waals surface area contributed by atoms with Crippen LogP contribution in [-0.4, -0.2) is 166 Å². The van der Waals surface area contributed by atoms with Crippen molar-refractivity contribution in [3.05, 3.63) is 109 Å². The minimum absolute atomic E-state index is 0.0568. The van der Waals surface area contributed by atoms with E-state index in [1.165, 1.54) is 6.92 Å². The third-order valence-corrected chi connectivity index (χ3v) is 18.2. The third-order valence-electron chi connectivity index (χ3n) is 18.2. The first-order chi connectivity index (χ1) is 52.1. The second kappa shape index (κ2) is 44.9. The summed E-state index contributed by atoms with van der Waals surface area (Å²) in [5.41, 5.74) is 0.300. The molecule has 14 atom stereocenters. The number of rotatable bonds is 38. The molecule has 14 unspecified atom stereocenters. The maximum atomic E-state index is 11.9. The molecule has 26 heteroatoms. The van der Waals surface area contributed by atoms with E-state index in [-0.39, 0.29) is 48.0 Å². The zero-order valence-electron chi connectivity index (χ0n) is 67.7. The van der Waals surface area contributed by atoms with Crippen LogP contribution in [0.25, 0.3) is 12.2 Å². The van der Waals surface area contributed by atoms with E-state index in [0.717, 1.165) is 56.1 Å². The Bertz CT molecular complexity index is 3460. The summed E-state index contributed by atoms with van der Waals surface area (Å²) in [6.45, 7) is 52.3. The van der Waals surface area contributed by atoms with Crippen LogP contribution in [0.5, 0.6) is 46.0 Å². The fourth-order valence-corrected chi connectivity index (χ4v) is 14.4. The first-order valence-corrected chi connectivity index (χ1v) is 38.2. The summed E-state index contributed by atoms with van der Waals surface area (Å²) in [5.74, 6) is 2.41. The molecule has 8 aliphatic rings. The van der Waals surface area contributed by atoms with Gasteiger partial charge in [0.2, 0.25) is 5.75 Å². The van der Waals surface area contributed by atoms with Crippen molar-refractivity contribution in [3.63, 3.8) is 0 Å². The summed E-state index contributed by atoms with van der Waals surface area (Å²) in [5, 5.41) is 21.0. The molecule has 0 aromatic heterocycles. The lowest BCUT2D eigenvalue weighted by Crippen LogP contribution is -2.66. The molecule has 26 nitrogen and oxygen atoms in total. The monoisotopic (exact) mass is 1550 g/mol. The molecule has 0 spiro atoms. The first kappa shape index (κ1) is 92.6. The van der Waals surface area contributed by atoms with Crippen LogP contribution in [0, 0.1) is 23.7 Å². The Labute approximate surface area is 650 Å². The van der Waals surface area contributed by atoms with Gasteiger partial charge in [0.05, 0.1) is 17.1 Å². The summed E-state index contributed by atoms with van der Waals surface area (Å²) in [6, 6.07) is 14.1. The van der Waals surface area contributed by atoms with Gasteiger partial charge in [-0.1, -0.05) is 51.1 Å². The molecule has 3 aromatic rings. The number of esters is 5. The lowest BCUT2D eigenvalue weighted by Gasteiger charge is -2.62. The van der Waals surface area contributed by atoms with Gasteiger partial charge in [-0.3, -0.25) is 4.79 Å². The topological polar surface area (TPSA) is 301 Å². The number of carbonyl (C=O) groups is 5. The van der Waals surface area contributed by atoms with Gasteiger partial charge in [0.1, 0.15) is 23.6 Å². The molecule has 6 aliphatic carbocycles. The Balaban J connectivity index is 0.000000247. The zero-order chi connectivity index (χ0) is 81.6. The van der Waals surface area contributed by atoms with E-state index in [1.807, 2.05) is 113 Å². The van der Waals surface area contributed by atoms with Crippen LogP contribution < -0.4 is 37.9 Å². The minimum Gasteiger partial charge on any atom is -0.461 e. The van der Waals surface area contributed by atoms with Gasteiger partial charge in [-0.2, -0.15) is 0 Å². The summed E-state index contributed by atoms with van der Waals surface area (Å²) in [4.78, 5) is 58.5. The summed E-state index contributed by atoms with van der Waals surface area (Å²) in [6.07, 6.45) is 6.62. The highest BCUT2D eigenvalue weighted by Crippen LogP contribution is 2.61. The number of hydrogen-bond acceptors (Lipinski definition) is 26. The predicted molar refractivity (Wildman–Crippen MR) is 411 cm³/mol. The highest BCUT2D eigenvalue weighted by Gasteiger charge is 2.64. The summed E-state index contributed by atoms with van der Waals surface area (Å²) in [7, 11) is 0. The molecule has 2 saturated heterocycles. The van der Waals surface area contributed by atoms with Crippen molar-refractivity contribution in [1.82, 2.24) is 0 Å². The van der Waals surface area contributed by atoms with E-state index in [0.29, 0.717) is 129 Å². The number of ether oxygens (including phenoxy) is 19. The molecule has 2 N–H and O–H groups in total. The van der Waals surface area contributed by atoms with Crippen molar-refractivity contribution in [2.45, 2.75) is 255 Å². The van der Waals surface area contributed by atoms with Crippen LogP contribution in [0.2, 0.25) is 0 Å². The molecule has 11 rings (SSSR count). The van der Waals surface area contributed by atoms with E-state index >= 15 is 0 Å². The van der Waals surface area contributed by atoms with E-state index < -0.39 is 84.8 Å². The molecule has 2 heterocycles. The molecule has 2 aliphatic heterocycles. The number of aliphatic hydroxyl groups is 2. The van der Waals surface area contributed by atoms with Crippen molar-refractivity contribution in [2.24, 2.45) is 23.7 Å².